The van der Waals surface area contributed by atoms with Crippen LogP contribution in [-0.4, -0.2) is 17.5 Å². The molecule has 1 aromatic carbocycles. The number of carbonyl (C=O) groups is 2. The Morgan fingerprint density at radius 2 is 1.84 bits per heavy atom. The van der Waals surface area contributed by atoms with Crippen molar-refractivity contribution >= 4 is 17.6 Å². The first-order valence-corrected chi connectivity index (χ1v) is 5.91. The van der Waals surface area contributed by atoms with Crippen LogP contribution in [0.15, 0.2) is 12.1 Å². The zero-order valence-electron chi connectivity index (χ0n) is 11.8. The maximum atomic E-state index is 13.5. The predicted octanol–water partition coefficient (Wildman–Crippen LogP) is 3.68. The zero-order valence-corrected chi connectivity index (χ0v) is 11.8. The van der Waals surface area contributed by atoms with E-state index in [1.165, 1.54) is 19.1 Å². The summed E-state index contributed by atoms with van der Waals surface area (Å²) in [5, 5.41) is 2.51. The summed E-state index contributed by atoms with van der Waals surface area (Å²) in [6.45, 7) is 8.13. The van der Waals surface area contributed by atoms with Gasteiger partial charge in [-0.3, -0.25) is 10.1 Å². The van der Waals surface area contributed by atoms with E-state index in [1.54, 1.807) is 27.7 Å². The van der Waals surface area contributed by atoms with Gasteiger partial charge in [-0.25, -0.2) is 9.18 Å². The minimum absolute atomic E-state index is 0.0586. The Hall–Kier alpha value is -1.91. The maximum absolute atomic E-state index is 13.5. The molecule has 0 aliphatic rings. The van der Waals surface area contributed by atoms with Crippen LogP contribution in [0.25, 0.3) is 0 Å². The van der Waals surface area contributed by atoms with Gasteiger partial charge < -0.3 is 4.74 Å². The van der Waals surface area contributed by atoms with E-state index in [0.717, 1.165) is 0 Å². The van der Waals surface area contributed by atoms with Gasteiger partial charge in [-0.15, -0.1) is 0 Å². The molecule has 1 rings (SSSR count). The number of hydrogen-bond acceptors (Lipinski definition) is 3. The molecule has 0 spiro atoms. The molecule has 0 radical (unpaired) electrons. The average molecular weight is 267 g/mol. The Morgan fingerprint density at radius 1 is 1.26 bits per heavy atom. The lowest BCUT2D eigenvalue weighted by molar-refractivity contribution is 0.0635. The van der Waals surface area contributed by atoms with Crippen molar-refractivity contribution in [2.45, 2.75) is 40.2 Å². The highest BCUT2D eigenvalue weighted by atomic mass is 19.1. The van der Waals surface area contributed by atoms with Gasteiger partial charge >= 0.3 is 6.09 Å². The third-order valence-corrected chi connectivity index (χ3v) is 2.33. The van der Waals surface area contributed by atoms with Gasteiger partial charge in [0.1, 0.15) is 11.4 Å². The van der Waals surface area contributed by atoms with E-state index < -0.39 is 23.3 Å². The second-order valence-electron chi connectivity index (χ2n) is 5.33. The molecule has 0 unspecified atom stereocenters. The molecule has 0 aliphatic heterocycles. The van der Waals surface area contributed by atoms with Crippen LogP contribution in [-0.2, 0) is 4.74 Å². The van der Waals surface area contributed by atoms with E-state index in [0.29, 0.717) is 11.3 Å². The molecule has 5 heteroatoms. The molecule has 19 heavy (non-hydrogen) atoms. The second kappa shape index (κ2) is 5.38. The average Bonchev–Trinajstić information content (AvgIpc) is 2.18. The Balaban J connectivity index is 2.99. The van der Waals surface area contributed by atoms with E-state index >= 15 is 0 Å². The summed E-state index contributed by atoms with van der Waals surface area (Å²) in [4.78, 5) is 22.9. The summed E-state index contributed by atoms with van der Waals surface area (Å²) in [6.07, 6.45) is -0.642. The maximum Gasteiger partial charge on any atom is 0.412 e. The number of ketones is 1. The number of ether oxygens (including phenoxy) is 1. The van der Waals surface area contributed by atoms with E-state index in [9.17, 15) is 14.0 Å². The highest BCUT2D eigenvalue weighted by Gasteiger charge is 2.18. The number of nitrogens with one attached hydrogen (secondary N) is 1. The second-order valence-corrected chi connectivity index (χ2v) is 5.33. The minimum atomic E-state index is -0.642. The number of halogens is 1. The Morgan fingerprint density at radius 3 is 2.32 bits per heavy atom. The van der Waals surface area contributed by atoms with Crippen LogP contribution < -0.4 is 5.32 Å². The summed E-state index contributed by atoms with van der Waals surface area (Å²) < 4.78 is 18.6. The highest BCUT2D eigenvalue weighted by Crippen LogP contribution is 2.21. The molecule has 0 saturated heterocycles. The number of rotatable bonds is 2. The lowest BCUT2D eigenvalue weighted by Crippen LogP contribution is -2.27. The van der Waals surface area contributed by atoms with Gasteiger partial charge in [0.25, 0.3) is 0 Å². The fourth-order valence-corrected chi connectivity index (χ4v) is 1.49. The van der Waals surface area contributed by atoms with Gasteiger partial charge in [-0.1, -0.05) is 0 Å². The van der Waals surface area contributed by atoms with Crippen molar-refractivity contribution in [3.8, 4) is 0 Å². The van der Waals surface area contributed by atoms with Gasteiger partial charge in [0.15, 0.2) is 5.78 Å². The van der Waals surface area contributed by atoms with Crippen molar-refractivity contribution in [3.05, 3.63) is 29.1 Å². The number of carbonyl (C=O) groups excluding carboxylic acids is 2. The Kier molecular flexibility index (Phi) is 4.29. The molecule has 0 atom stereocenters. The van der Waals surface area contributed by atoms with Crippen LogP contribution in [0.1, 0.15) is 43.6 Å². The number of hydrogen-bond donors (Lipinski definition) is 1. The fraction of sp³-hybridized carbons (Fsp3) is 0.429. The molecular formula is C14H18FNO3. The number of Topliss-reactive ketones (excluding diaryl/α,β-unsaturated/α-hetero) is 1. The SMILES string of the molecule is CC(=O)c1cc(NC(=O)OC(C)(C)C)c(C)cc1F. The zero-order chi connectivity index (χ0) is 14.8. The van der Waals surface area contributed by atoms with Crippen LogP contribution in [0.4, 0.5) is 14.9 Å². The standard InChI is InChI=1S/C14H18FNO3/c1-8-6-11(15)10(9(2)17)7-12(8)16-13(18)19-14(3,4)5/h6-7H,1-5H3,(H,16,18). The summed E-state index contributed by atoms with van der Waals surface area (Å²) in [7, 11) is 0. The van der Waals surface area contributed by atoms with E-state index in [1.807, 2.05) is 0 Å². The van der Waals surface area contributed by atoms with Gasteiger partial charge in [0.2, 0.25) is 0 Å². The lowest BCUT2D eigenvalue weighted by atomic mass is 10.1. The molecule has 1 N–H and O–H groups in total. The molecule has 0 aromatic heterocycles. The first kappa shape index (κ1) is 15.1. The molecule has 0 fully saturated rings. The summed E-state index contributed by atoms with van der Waals surface area (Å²) >= 11 is 0. The normalized spacial score (nSPS) is 11.1. The molecule has 1 amide bonds. The van der Waals surface area contributed by atoms with Crippen LogP contribution in [0, 0.1) is 12.7 Å². The molecule has 0 bridgehead atoms. The molecule has 4 nitrogen and oxygen atoms in total. The van der Waals surface area contributed by atoms with Crippen LogP contribution >= 0.6 is 0 Å². The van der Waals surface area contributed by atoms with E-state index in [2.05, 4.69) is 5.32 Å². The predicted molar refractivity (Wildman–Crippen MR) is 71.0 cm³/mol. The van der Waals surface area contributed by atoms with Crippen molar-refractivity contribution in [2.24, 2.45) is 0 Å². The van der Waals surface area contributed by atoms with E-state index in [-0.39, 0.29) is 5.56 Å². The monoisotopic (exact) mass is 267 g/mol. The topological polar surface area (TPSA) is 55.4 Å². The number of aryl methyl sites for hydroxylation is 1. The highest BCUT2D eigenvalue weighted by molar-refractivity contribution is 5.96. The van der Waals surface area contributed by atoms with Gasteiger partial charge in [0.05, 0.1) is 5.56 Å². The van der Waals surface area contributed by atoms with Crippen molar-refractivity contribution < 1.29 is 18.7 Å². The third-order valence-electron chi connectivity index (χ3n) is 2.33. The first-order chi connectivity index (χ1) is 8.60. The fourth-order valence-electron chi connectivity index (χ4n) is 1.49. The molecule has 0 saturated carbocycles. The molecule has 104 valence electrons. The number of benzene rings is 1. The summed E-state index contributed by atoms with van der Waals surface area (Å²) in [5.41, 5.74) is 0.201. The largest absolute Gasteiger partial charge is 0.444 e. The molecule has 0 heterocycles. The number of amides is 1. The van der Waals surface area contributed by atoms with Crippen LogP contribution in [0.3, 0.4) is 0 Å². The van der Waals surface area contributed by atoms with Crippen molar-refractivity contribution in [1.29, 1.82) is 0 Å². The minimum Gasteiger partial charge on any atom is -0.444 e. The molecular weight excluding hydrogens is 249 g/mol. The van der Waals surface area contributed by atoms with Crippen LogP contribution in [0.5, 0.6) is 0 Å². The van der Waals surface area contributed by atoms with Crippen molar-refractivity contribution in [2.75, 3.05) is 5.32 Å². The summed E-state index contributed by atoms with van der Waals surface area (Å²) in [6, 6.07) is 2.53. The Labute approximate surface area is 112 Å². The van der Waals surface area contributed by atoms with Gasteiger partial charge in [-0.2, -0.15) is 0 Å². The van der Waals surface area contributed by atoms with Gasteiger partial charge in [0, 0.05) is 5.69 Å². The number of anilines is 1. The lowest BCUT2D eigenvalue weighted by Gasteiger charge is -2.20. The molecule has 0 aliphatic carbocycles. The quantitative estimate of drug-likeness (QED) is 0.831. The van der Waals surface area contributed by atoms with Gasteiger partial charge in [-0.05, 0) is 52.3 Å². The van der Waals surface area contributed by atoms with Crippen LogP contribution in [0.2, 0.25) is 0 Å². The molecule has 1 aromatic rings. The Bertz CT molecular complexity index is 518. The van der Waals surface area contributed by atoms with E-state index in [4.69, 9.17) is 4.74 Å². The van der Waals surface area contributed by atoms with Crippen molar-refractivity contribution in [3.63, 3.8) is 0 Å². The smallest absolute Gasteiger partial charge is 0.412 e. The first-order valence-electron chi connectivity index (χ1n) is 5.91. The third kappa shape index (κ3) is 4.35. The van der Waals surface area contributed by atoms with Crippen molar-refractivity contribution in [1.82, 2.24) is 0 Å². The summed E-state index contributed by atoms with van der Waals surface area (Å²) in [5.74, 6) is -0.996.